The fourth-order valence-electron chi connectivity index (χ4n) is 7.83. The lowest BCUT2D eigenvalue weighted by Gasteiger charge is -2.44. The molecule has 0 bridgehead atoms. The van der Waals surface area contributed by atoms with Gasteiger partial charge in [-0.1, -0.05) is 90.5 Å². The van der Waals surface area contributed by atoms with Gasteiger partial charge >= 0.3 is 6.03 Å². The summed E-state index contributed by atoms with van der Waals surface area (Å²) in [6.07, 6.45) is 3.29. The Bertz CT molecular complexity index is 2180. The highest BCUT2D eigenvalue weighted by Gasteiger charge is 2.40. The number of barbiturate groups is 1. The summed E-state index contributed by atoms with van der Waals surface area (Å²) in [6.45, 7) is 4.19. The lowest BCUT2D eigenvalue weighted by atomic mass is 9.76. The highest BCUT2D eigenvalue weighted by Crippen LogP contribution is 2.50. The number of carbonyl (C=O) groups excluding carboxylic acids is 3. The van der Waals surface area contributed by atoms with Crippen LogP contribution in [0.5, 0.6) is 11.5 Å². The maximum Gasteiger partial charge on any atom is 0.335 e. The molecule has 0 saturated carbocycles. The molecule has 0 radical (unpaired) electrons. The van der Waals surface area contributed by atoms with E-state index in [1.54, 1.807) is 12.1 Å². The summed E-state index contributed by atoms with van der Waals surface area (Å²) in [6, 6.07) is 35.5. The molecule has 1 fully saturated rings. The summed E-state index contributed by atoms with van der Waals surface area (Å²) < 4.78 is 12.4. The number of urea groups is 1. The van der Waals surface area contributed by atoms with Crippen molar-refractivity contribution in [1.82, 2.24) is 5.32 Å². The third kappa shape index (κ3) is 6.61. The average molecular weight is 769 g/mol. The standard InChI is InChI=1S/C44H38BrN3O5/c1-27-13-15-28(16-14-27)26-53-41-38(45)22-29(23-39(41)52-2)21-37-42(49)46-44(51)48(43(37)50)32-24-35-33(30-9-5-3-6-10-30)17-19-47-20-18-34(36(25-32)40(35)47)31-11-7-4-8-12-31/h3-16,21-25,33-34H,17-20,26H2,1-2H3,(H,46,49,51)/b37-21+/t33-,34-/m1/s1. The number of methoxy groups -OCH3 is 1. The van der Waals surface area contributed by atoms with Gasteiger partial charge in [0.2, 0.25) is 0 Å². The number of ether oxygens (including phenoxy) is 2. The minimum atomic E-state index is -0.779. The number of aryl methyl sites for hydroxylation is 1. The van der Waals surface area contributed by atoms with Gasteiger partial charge in [0.05, 0.1) is 17.3 Å². The van der Waals surface area contributed by atoms with E-state index in [0.29, 0.717) is 33.8 Å². The minimum absolute atomic E-state index is 0.0758. The number of amides is 4. The van der Waals surface area contributed by atoms with Gasteiger partial charge in [0.1, 0.15) is 12.2 Å². The van der Waals surface area contributed by atoms with E-state index in [9.17, 15) is 14.4 Å². The Morgan fingerprint density at radius 2 is 1.42 bits per heavy atom. The molecule has 4 amide bonds. The van der Waals surface area contributed by atoms with Crippen LogP contribution in [0.2, 0.25) is 0 Å². The molecule has 1 saturated heterocycles. The van der Waals surface area contributed by atoms with Crippen molar-refractivity contribution in [2.24, 2.45) is 0 Å². The molecule has 3 aliphatic heterocycles. The van der Waals surface area contributed by atoms with Crippen molar-refractivity contribution in [3.63, 3.8) is 0 Å². The van der Waals surface area contributed by atoms with Crippen LogP contribution in [0.15, 0.2) is 119 Å². The number of carbonyl (C=O) groups is 3. The van der Waals surface area contributed by atoms with Gasteiger partial charge in [-0.3, -0.25) is 14.9 Å². The first-order valence-corrected chi connectivity index (χ1v) is 18.6. The fraction of sp³-hybridized carbons (Fsp3) is 0.205. The number of nitrogens with zero attached hydrogens (tertiary/aromatic N) is 2. The van der Waals surface area contributed by atoms with Crippen LogP contribution >= 0.6 is 15.9 Å². The molecule has 3 heterocycles. The zero-order valence-corrected chi connectivity index (χ0v) is 31.1. The van der Waals surface area contributed by atoms with Crippen molar-refractivity contribution in [2.45, 2.75) is 38.2 Å². The summed E-state index contributed by atoms with van der Waals surface area (Å²) in [5.41, 5.74) is 8.64. The van der Waals surface area contributed by atoms with Crippen molar-refractivity contribution in [3.05, 3.63) is 158 Å². The van der Waals surface area contributed by atoms with Crippen molar-refractivity contribution in [2.75, 3.05) is 30.0 Å². The third-order valence-corrected chi connectivity index (χ3v) is 11.0. The number of hydrogen-bond donors (Lipinski definition) is 1. The second-order valence-corrected chi connectivity index (χ2v) is 14.6. The maximum absolute atomic E-state index is 14.4. The van der Waals surface area contributed by atoms with Crippen molar-refractivity contribution < 1.29 is 23.9 Å². The number of anilines is 2. The number of imide groups is 2. The molecule has 266 valence electrons. The second-order valence-electron chi connectivity index (χ2n) is 13.7. The van der Waals surface area contributed by atoms with Gasteiger partial charge < -0.3 is 14.4 Å². The number of halogens is 1. The van der Waals surface area contributed by atoms with E-state index >= 15 is 0 Å². The van der Waals surface area contributed by atoms with E-state index < -0.39 is 17.8 Å². The van der Waals surface area contributed by atoms with Gasteiger partial charge in [-0.15, -0.1) is 0 Å². The van der Waals surface area contributed by atoms with E-state index in [-0.39, 0.29) is 17.4 Å². The highest BCUT2D eigenvalue weighted by molar-refractivity contribution is 9.10. The largest absolute Gasteiger partial charge is 0.493 e. The van der Waals surface area contributed by atoms with Gasteiger partial charge in [-0.05, 0) is 99.4 Å². The Morgan fingerprint density at radius 3 is 2.00 bits per heavy atom. The van der Waals surface area contributed by atoms with Crippen LogP contribution in [0.1, 0.15) is 63.6 Å². The smallest absolute Gasteiger partial charge is 0.335 e. The van der Waals surface area contributed by atoms with Gasteiger partial charge in [-0.25, -0.2) is 9.69 Å². The normalized spacial score (nSPS) is 18.8. The molecule has 2 atom stereocenters. The van der Waals surface area contributed by atoms with Crippen LogP contribution in [0.4, 0.5) is 16.2 Å². The lowest BCUT2D eigenvalue weighted by molar-refractivity contribution is -0.122. The molecule has 0 unspecified atom stereocenters. The zero-order valence-electron chi connectivity index (χ0n) is 29.5. The molecule has 8 rings (SSSR count). The topological polar surface area (TPSA) is 88.2 Å². The monoisotopic (exact) mass is 767 g/mol. The summed E-state index contributed by atoms with van der Waals surface area (Å²) in [5, 5.41) is 2.43. The van der Waals surface area contributed by atoms with E-state index in [0.717, 1.165) is 53.1 Å². The first kappa shape index (κ1) is 34.4. The van der Waals surface area contributed by atoms with Gasteiger partial charge in [0.25, 0.3) is 11.8 Å². The number of nitrogens with one attached hydrogen (secondary N) is 1. The molecule has 9 heteroatoms. The van der Waals surface area contributed by atoms with Crippen molar-refractivity contribution in [1.29, 1.82) is 0 Å². The van der Waals surface area contributed by atoms with Crippen molar-refractivity contribution >= 4 is 51.2 Å². The third-order valence-electron chi connectivity index (χ3n) is 10.4. The SMILES string of the molecule is COc1cc(/C=C2\C(=O)NC(=O)N(c3cc4c5c(c3)[C@@H](c3ccccc3)CCN5CC[C@@H]4c3ccccc3)C2=O)cc(Br)c1OCc1ccc(C)cc1. The van der Waals surface area contributed by atoms with Crippen LogP contribution in [-0.2, 0) is 16.2 Å². The van der Waals surface area contributed by atoms with Crippen LogP contribution in [0.3, 0.4) is 0 Å². The molecular formula is C44H38BrN3O5. The molecular weight excluding hydrogens is 730 g/mol. The van der Waals surface area contributed by atoms with Crippen LogP contribution < -0.4 is 24.6 Å². The molecule has 0 aliphatic carbocycles. The molecule has 0 spiro atoms. The fourth-order valence-corrected chi connectivity index (χ4v) is 8.40. The molecule has 1 N–H and O–H groups in total. The predicted molar refractivity (Wildman–Crippen MR) is 210 cm³/mol. The Kier molecular flexibility index (Phi) is 9.35. The first-order valence-electron chi connectivity index (χ1n) is 17.8. The van der Waals surface area contributed by atoms with E-state index in [2.05, 4.69) is 50.4 Å². The minimum Gasteiger partial charge on any atom is -0.493 e. The first-order chi connectivity index (χ1) is 25.8. The zero-order chi connectivity index (χ0) is 36.6. The van der Waals surface area contributed by atoms with Gasteiger partial charge in [0.15, 0.2) is 11.5 Å². The maximum atomic E-state index is 14.4. The summed E-state index contributed by atoms with van der Waals surface area (Å²) in [4.78, 5) is 44.9. The van der Waals surface area contributed by atoms with Gasteiger partial charge in [0, 0.05) is 30.6 Å². The van der Waals surface area contributed by atoms with Crippen molar-refractivity contribution in [3.8, 4) is 11.5 Å². The lowest BCUT2D eigenvalue weighted by Crippen LogP contribution is -2.54. The Balaban J connectivity index is 1.18. The van der Waals surface area contributed by atoms with Gasteiger partial charge in [-0.2, -0.15) is 0 Å². The van der Waals surface area contributed by atoms with Crippen LogP contribution in [0.25, 0.3) is 6.08 Å². The second kappa shape index (κ2) is 14.4. The molecule has 5 aromatic rings. The molecule has 0 aromatic heterocycles. The Morgan fingerprint density at radius 1 is 0.811 bits per heavy atom. The molecule has 8 nitrogen and oxygen atoms in total. The Labute approximate surface area is 317 Å². The highest BCUT2D eigenvalue weighted by atomic mass is 79.9. The number of benzene rings is 5. The van der Waals surface area contributed by atoms with E-state index in [1.165, 1.54) is 30.0 Å². The molecule has 5 aromatic carbocycles. The van der Waals surface area contributed by atoms with Crippen LogP contribution in [0, 0.1) is 6.92 Å². The summed E-state index contributed by atoms with van der Waals surface area (Å²) in [7, 11) is 1.53. The van der Waals surface area contributed by atoms with E-state index in [1.807, 2.05) is 79.7 Å². The predicted octanol–water partition coefficient (Wildman–Crippen LogP) is 8.89. The quantitative estimate of drug-likeness (QED) is 0.125. The van der Waals surface area contributed by atoms with Crippen LogP contribution in [-0.4, -0.2) is 38.0 Å². The van der Waals surface area contributed by atoms with E-state index in [4.69, 9.17) is 9.47 Å². The molecule has 3 aliphatic rings. The molecule has 53 heavy (non-hydrogen) atoms. The summed E-state index contributed by atoms with van der Waals surface area (Å²) in [5.74, 6) is -0.396. The average Bonchev–Trinajstić information content (AvgIpc) is 3.17. The summed E-state index contributed by atoms with van der Waals surface area (Å²) >= 11 is 3.60. The Hall–Kier alpha value is -5.67. The number of rotatable bonds is 8. The number of hydrogen-bond acceptors (Lipinski definition) is 6.